The zero-order valence-corrected chi connectivity index (χ0v) is 18.0. The molecule has 0 spiro atoms. The van der Waals surface area contributed by atoms with Crippen molar-refractivity contribution in [2.75, 3.05) is 5.32 Å². The first kappa shape index (κ1) is 21.6. The average Bonchev–Trinajstić information content (AvgIpc) is 3.17. The number of nitriles is 1. The van der Waals surface area contributed by atoms with E-state index < -0.39 is 10.8 Å². The van der Waals surface area contributed by atoms with Gasteiger partial charge in [-0.25, -0.2) is 0 Å². The van der Waals surface area contributed by atoms with Crippen LogP contribution in [0.3, 0.4) is 0 Å². The number of nitro groups is 1. The molecule has 2 aromatic carbocycles. The minimum absolute atomic E-state index is 0.0666. The Labute approximate surface area is 188 Å². The van der Waals surface area contributed by atoms with Crippen LogP contribution in [0.4, 0.5) is 11.4 Å². The first-order valence-electron chi connectivity index (χ1n) is 8.21. The van der Waals surface area contributed by atoms with Crippen molar-refractivity contribution in [3.05, 3.63) is 84.5 Å². The van der Waals surface area contributed by atoms with Crippen LogP contribution in [0.1, 0.15) is 5.76 Å². The lowest BCUT2D eigenvalue weighted by atomic mass is 10.1. The van der Waals surface area contributed by atoms with Crippen molar-refractivity contribution < 1.29 is 14.1 Å². The Morgan fingerprint density at radius 1 is 1.17 bits per heavy atom. The van der Waals surface area contributed by atoms with Crippen molar-refractivity contribution in [1.29, 1.82) is 5.26 Å². The van der Waals surface area contributed by atoms with Gasteiger partial charge in [0, 0.05) is 33.9 Å². The van der Waals surface area contributed by atoms with Crippen LogP contribution in [-0.4, -0.2) is 10.8 Å². The number of furan rings is 1. The van der Waals surface area contributed by atoms with Crippen LogP contribution >= 0.6 is 39.1 Å². The molecule has 10 heteroatoms. The third-order valence-corrected chi connectivity index (χ3v) is 5.28. The van der Waals surface area contributed by atoms with E-state index in [2.05, 4.69) is 21.2 Å². The van der Waals surface area contributed by atoms with E-state index in [1.807, 2.05) is 6.07 Å². The number of nitrogens with zero attached hydrogens (tertiary/aromatic N) is 2. The minimum Gasteiger partial charge on any atom is -0.457 e. The largest absolute Gasteiger partial charge is 0.457 e. The van der Waals surface area contributed by atoms with Crippen LogP contribution in [-0.2, 0) is 4.79 Å². The molecule has 3 rings (SSSR count). The minimum atomic E-state index is -0.648. The van der Waals surface area contributed by atoms with E-state index in [1.165, 1.54) is 36.4 Å². The highest BCUT2D eigenvalue weighted by molar-refractivity contribution is 9.10. The number of rotatable bonds is 5. The van der Waals surface area contributed by atoms with Gasteiger partial charge in [0.05, 0.1) is 15.0 Å². The normalized spacial score (nSPS) is 11.1. The van der Waals surface area contributed by atoms with E-state index in [9.17, 15) is 20.2 Å². The van der Waals surface area contributed by atoms with Gasteiger partial charge in [-0.15, -0.1) is 0 Å². The van der Waals surface area contributed by atoms with Gasteiger partial charge in [-0.3, -0.25) is 14.9 Å². The summed E-state index contributed by atoms with van der Waals surface area (Å²) in [6.45, 7) is 0. The first-order chi connectivity index (χ1) is 14.3. The lowest BCUT2D eigenvalue weighted by Crippen LogP contribution is -2.13. The van der Waals surface area contributed by atoms with Gasteiger partial charge < -0.3 is 9.73 Å². The predicted octanol–water partition coefficient (Wildman–Crippen LogP) is 6.47. The molecule has 0 fully saturated rings. The van der Waals surface area contributed by atoms with E-state index >= 15 is 0 Å². The zero-order chi connectivity index (χ0) is 21.8. The highest BCUT2D eigenvalue weighted by Crippen LogP contribution is 2.33. The molecule has 0 aliphatic heterocycles. The quantitative estimate of drug-likeness (QED) is 0.184. The fraction of sp³-hybridized carbons (Fsp3) is 0. The molecule has 7 nitrogen and oxygen atoms in total. The monoisotopic (exact) mass is 505 g/mol. The number of amides is 1. The Kier molecular flexibility index (Phi) is 6.57. The molecule has 0 radical (unpaired) electrons. The molecule has 30 heavy (non-hydrogen) atoms. The van der Waals surface area contributed by atoms with Gasteiger partial charge in [-0.2, -0.15) is 5.26 Å². The molecule has 0 bridgehead atoms. The lowest BCUT2D eigenvalue weighted by molar-refractivity contribution is -0.384. The highest BCUT2D eigenvalue weighted by Gasteiger charge is 2.15. The summed E-state index contributed by atoms with van der Waals surface area (Å²) in [7, 11) is 0. The Morgan fingerprint density at radius 3 is 2.57 bits per heavy atom. The Balaban J connectivity index is 1.83. The standard InChI is InChI=1S/C20H10BrCl2N3O4/c21-16-9-13(26(28)29)2-4-15(16)19-6-3-14(30-19)7-11(10-24)20(27)25-12-1-5-17(22)18(23)8-12/h1-9H,(H,25,27)/b11-7-. The lowest BCUT2D eigenvalue weighted by Gasteiger charge is -2.05. The first-order valence-corrected chi connectivity index (χ1v) is 9.75. The van der Waals surface area contributed by atoms with Crippen LogP contribution in [0.25, 0.3) is 17.4 Å². The third kappa shape index (κ3) is 4.89. The van der Waals surface area contributed by atoms with Gasteiger partial charge in [0.15, 0.2) is 0 Å². The maximum absolute atomic E-state index is 12.4. The summed E-state index contributed by atoms with van der Waals surface area (Å²) in [4.78, 5) is 22.7. The molecule has 1 N–H and O–H groups in total. The molecular weight excluding hydrogens is 497 g/mol. The molecule has 0 aliphatic carbocycles. The molecule has 0 saturated carbocycles. The summed E-state index contributed by atoms with van der Waals surface area (Å²) in [6.07, 6.45) is 1.29. The number of halogens is 3. The molecule has 0 atom stereocenters. The summed E-state index contributed by atoms with van der Waals surface area (Å²) in [5, 5.41) is 23.4. The van der Waals surface area contributed by atoms with Crippen LogP contribution in [0, 0.1) is 21.4 Å². The average molecular weight is 507 g/mol. The number of carbonyl (C=O) groups is 1. The predicted molar refractivity (Wildman–Crippen MR) is 117 cm³/mol. The number of anilines is 1. The van der Waals surface area contributed by atoms with Crippen molar-refractivity contribution in [1.82, 2.24) is 0 Å². The van der Waals surface area contributed by atoms with Gasteiger partial charge in [-0.1, -0.05) is 23.2 Å². The topological polar surface area (TPSA) is 109 Å². The fourth-order valence-corrected chi connectivity index (χ4v) is 3.32. The maximum atomic E-state index is 12.4. The molecule has 1 amide bonds. The zero-order valence-electron chi connectivity index (χ0n) is 14.9. The highest BCUT2D eigenvalue weighted by atomic mass is 79.9. The van der Waals surface area contributed by atoms with E-state index in [0.717, 1.165) is 0 Å². The van der Waals surface area contributed by atoms with Gasteiger partial charge in [0.2, 0.25) is 0 Å². The number of nitro benzene ring substituents is 1. The summed E-state index contributed by atoms with van der Waals surface area (Å²) in [5.74, 6) is 0.0200. The van der Waals surface area contributed by atoms with Crippen LogP contribution < -0.4 is 5.32 Å². The van der Waals surface area contributed by atoms with Crippen LogP contribution in [0.5, 0.6) is 0 Å². The van der Waals surface area contributed by atoms with Crippen LogP contribution in [0.15, 0.2) is 63.0 Å². The molecule has 0 unspecified atom stereocenters. The van der Waals surface area contributed by atoms with Crippen molar-refractivity contribution in [2.45, 2.75) is 0 Å². The molecule has 3 aromatic rings. The van der Waals surface area contributed by atoms with Gasteiger partial charge in [0.1, 0.15) is 23.2 Å². The van der Waals surface area contributed by atoms with Crippen LogP contribution in [0.2, 0.25) is 10.0 Å². The van der Waals surface area contributed by atoms with E-state index in [0.29, 0.717) is 26.5 Å². The molecule has 0 saturated heterocycles. The second-order valence-electron chi connectivity index (χ2n) is 5.88. The Bertz CT molecular complexity index is 1230. The van der Waals surface area contributed by atoms with Crippen molar-refractivity contribution in [2.24, 2.45) is 0 Å². The van der Waals surface area contributed by atoms with E-state index in [4.69, 9.17) is 27.6 Å². The third-order valence-electron chi connectivity index (χ3n) is 3.88. The summed E-state index contributed by atoms with van der Waals surface area (Å²) < 4.78 is 6.14. The summed E-state index contributed by atoms with van der Waals surface area (Å²) in [5.41, 5.74) is 0.706. The van der Waals surface area contributed by atoms with Gasteiger partial charge >= 0.3 is 0 Å². The Hall–Kier alpha value is -3.12. The smallest absolute Gasteiger partial charge is 0.270 e. The second kappa shape index (κ2) is 9.13. The molecule has 150 valence electrons. The number of nitrogens with one attached hydrogen (secondary N) is 1. The maximum Gasteiger partial charge on any atom is 0.270 e. The van der Waals surface area contributed by atoms with E-state index in [-0.39, 0.29) is 22.0 Å². The molecular formula is C20H10BrCl2N3O4. The Morgan fingerprint density at radius 2 is 1.93 bits per heavy atom. The fourth-order valence-electron chi connectivity index (χ4n) is 2.46. The van der Waals surface area contributed by atoms with Crippen molar-refractivity contribution in [3.8, 4) is 17.4 Å². The van der Waals surface area contributed by atoms with Crippen molar-refractivity contribution >= 4 is 62.5 Å². The molecule has 1 heterocycles. The SMILES string of the molecule is N#C/C(=C/c1ccc(-c2ccc([N+](=O)[O-])cc2Br)o1)C(=O)Nc1ccc(Cl)c(Cl)c1. The summed E-state index contributed by atoms with van der Waals surface area (Å²) in [6, 6.07) is 13.8. The number of non-ortho nitro benzene ring substituents is 1. The number of hydrogen-bond acceptors (Lipinski definition) is 5. The number of benzene rings is 2. The molecule has 1 aromatic heterocycles. The summed E-state index contributed by atoms with van der Waals surface area (Å²) >= 11 is 15.0. The van der Waals surface area contributed by atoms with Gasteiger partial charge in [0.25, 0.3) is 11.6 Å². The molecule has 0 aliphatic rings. The van der Waals surface area contributed by atoms with Gasteiger partial charge in [-0.05, 0) is 52.3 Å². The second-order valence-corrected chi connectivity index (χ2v) is 7.54. The number of hydrogen-bond donors (Lipinski definition) is 1. The van der Waals surface area contributed by atoms with Crippen molar-refractivity contribution in [3.63, 3.8) is 0 Å². The van der Waals surface area contributed by atoms with E-state index in [1.54, 1.807) is 18.2 Å². The number of carbonyl (C=O) groups excluding carboxylic acids is 1.